The average molecular weight is 607 g/mol. The lowest BCUT2D eigenvalue weighted by atomic mass is 9.77. The zero-order valence-electron chi connectivity index (χ0n) is 27.6. The fourth-order valence-corrected chi connectivity index (χ4v) is 7.09. The number of ether oxygens (including phenoxy) is 2. The highest BCUT2D eigenvalue weighted by Crippen LogP contribution is 2.46. The fourth-order valence-electron chi connectivity index (χ4n) is 7.09. The van der Waals surface area contributed by atoms with Crippen molar-refractivity contribution in [2.45, 2.75) is 110 Å². The molecule has 2 aliphatic carbocycles. The van der Waals surface area contributed by atoms with Crippen LogP contribution in [0.25, 0.3) is 21.5 Å². The van der Waals surface area contributed by atoms with Gasteiger partial charge >= 0.3 is 11.9 Å². The van der Waals surface area contributed by atoms with E-state index in [1.54, 1.807) is 0 Å². The molecule has 0 heterocycles. The van der Waals surface area contributed by atoms with Crippen molar-refractivity contribution in [3.8, 4) is 0 Å². The maximum atomic E-state index is 12.5. The second-order valence-electron chi connectivity index (χ2n) is 13.3. The maximum Gasteiger partial charge on any atom is 0.309 e. The van der Waals surface area contributed by atoms with Crippen LogP contribution in [0.15, 0.2) is 84.9 Å². The van der Waals surface area contributed by atoms with Crippen LogP contribution in [0.4, 0.5) is 0 Å². The van der Waals surface area contributed by atoms with Gasteiger partial charge in [-0.15, -0.1) is 0 Å². The Morgan fingerprint density at radius 1 is 0.556 bits per heavy atom. The number of hydrogen-bond donors (Lipinski definition) is 0. The van der Waals surface area contributed by atoms with Gasteiger partial charge in [0.15, 0.2) is 0 Å². The molecular weight excluding hydrogens is 556 g/mol. The minimum atomic E-state index is -0.445. The molecule has 0 aromatic heterocycles. The van der Waals surface area contributed by atoms with E-state index in [-0.39, 0.29) is 23.8 Å². The molecule has 0 amide bonds. The summed E-state index contributed by atoms with van der Waals surface area (Å²) < 4.78 is 12.3. The minimum absolute atomic E-state index is 0.0348. The molecule has 45 heavy (non-hydrogen) atoms. The van der Waals surface area contributed by atoms with E-state index in [0.29, 0.717) is 0 Å². The summed E-state index contributed by atoms with van der Waals surface area (Å²) in [4.78, 5) is 25.0. The molecule has 0 radical (unpaired) electrons. The Morgan fingerprint density at radius 2 is 0.911 bits per heavy atom. The van der Waals surface area contributed by atoms with Gasteiger partial charge in [0.25, 0.3) is 0 Å². The summed E-state index contributed by atoms with van der Waals surface area (Å²) in [6.07, 6.45) is 11.1. The highest BCUT2D eigenvalue weighted by Gasteiger charge is 2.41. The number of fused-ring (bicyclic) bond motifs is 2. The van der Waals surface area contributed by atoms with Gasteiger partial charge in [0.1, 0.15) is 11.2 Å². The molecule has 6 rings (SSSR count). The first kappa shape index (κ1) is 32.7. The Balaban J connectivity index is 0.000000178. The molecule has 2 unspecified atom stereocenters. The fraction of sp³-hybridized carbons (Fsp3) is 0.463. The monoisotopic (exact) mass is 606 g/mol. The first-order valence-corrected chi connectivity index (χ1v) is 17.2. The number of rotatable bonds is 8. The van der Waals surface area contributed by atoms with Gasteiger partial charge in [0.2, 0.25) is 0 Å². The van der Waals surface area contributed by atoms with Gasteiger partial charge in [-0.25, -0.2) is 0 Å². The molecule has 4 heteroatoms. The largest absolute Gasteiger partial charge is 0.454 e. The Hall–Kier alpha value is -3.66. The van der Waals surface area contributed by atoms with Crippen LogP contribution in [0.5, 0.6) is 0 Å². The van der Waals surface area contributed by atoms with Crippen molar-refractivity contribution in [2.75, 3.05) is 0 Å². The summed E-state index contributed by atoms with van der Waals surface area (Å²) in [5.41, 5.74) is 1.49. The summed E-state index contributed by atoms with van der Waals surface area (Å²) >= 11 is 0. The van der Waals surface area contributed by atoms with E-state index < -0.39 is 11.2 Å². The standard InChI is InChI=1S/C21H26O2.C20H24O2/c1-3-16(2)20(22)23-21(14-7-4-8-15-21)19-13-9-11-17-10-5-6-12-18(17)19;1-3-15(2)19(21)22-20(13-6-7-14-20)18-12-8-10-16-9-4-5-11-17(16)18/h5-6,9-13,16H,3-4,7-8,14-15H2,1-2H3;4-5,8-12,15H,3,6-7,13-14H2,1-2H3. The molecule has 0 bridgehead atoms. The van der Waals surface area contributed by atoms with Gasteiger partial charge in [-0.1, -0.05) is 119 Å². The molecule has 0 saturated heterocycles. The van der Waals surface area contributed by atoms with E-state index in [2.05, 4.69) is 84.9 Å². The number of benzene rings is 4. The third-order valence-corrected chi connectivity index (χ3v) is 10.3. The Labute approximate surface area is 269 Å². The highest BCUT2D eigenvalue weighted by atomic mass is 16.6. The molecule has 0 N–H and O–H groups in total. The molecule has 4 nitrogen and oxygen atoms in total. The third-order valence-electron chi connectivity index (χ3n) is 10.3. The van der Waals surface area contributed by atoms with Crippen LogP contribution in [0.3, 0.4) is 0 Å². The first-order valence-electron chi connectivity index (χ1n) is 17.2. The molecule has 2 saturated carbocycles. The molecule has 4 aromatic rings. The third kappa shape index (κ3) is 7.11. The van der Waals surface area contributed by atoms with Crippen LogP contribution in [0.1, 0.15) is 109 Å². The van der Waals surface area contributed by atoms with Crippen molar-refractivity contribution in [2.24, 2.45) is 11.8 Å². The summed E-state index contributed by atoms with van der Waals surface area (Å²) in [6, 6.07) is 29.5. The summed E-state index contributed by atoms with van der Waals surface area (Å²) in [6.45, 7) is 7.98. The van der Waals surface area contributed by atoms with E-state index in [4.69, 9.17) is 9.47 Å². The van der Waals surface area contributed by atoms with Crippen LogP contribution in [0, 0.1) is 11.8 Å². The normalized spacial score (nSPS) is 18.4. The van der Waals surface area contributed by atoms with Gasteiger partial charge in [-0.05, 0) is 85.8 Å². The van der Waals surface area contributed by atoms with E-state index in [1.807, 2.05) is 27.7 Å². The smallest absolute Gasteiger partial charge is 0.309 e. The van der Waals surface area contributed by atoms with E-state index in [0.717, 1.165) is 64.2 Å². The van der Waals surface area contributed by atoms with Gasteiger partial charge in [-0.3, -0.25) is 9.59 Å². The first-order chi connectivity index (χ1) is 21.8. The second-order valence-corrected chi connectivity index (χ2v) is 13.3. The van der Waals surface area contributed by atoms with Crippen molar-refractivity contribution in [3.05, 3.63) is 96.1 Å². The van der Waals surface area contributed by atoms with Crippen LogP contribution in [0.2, 0.25) is 0 Å². The Morgan fingerprint density at radius 3 is 1.31 bits per heavy atom. The Kier molecular flexibility index (Phi) is 10.6. The lowest BCUT2D eigenvalue weighted by Gasteiger charge is -2.38. The number of esters is 2. The average Bonchev–Trinajstić information content (AvgIpc) is 3.56. The lowest BCUT2D eigenvalue weighted by Crippen LogP contribution is -2.36. The summed E-state index contributed by atoms with van der Waals surface area (Å²) in [5.74, 6) is -0.184. The molecule has 2 aliphatic rings. The van der Waals surface area contributed by atoms with Crippen LogP contribution in [-0.2, 0) is 30.3 Å². The maximum absolute atomic E-state index is 12.5. The Bertz CT molecular complexity index is 1580. The van der Waals surface area contributed by atoms with Crippen molar-refractivity contribution in [1.29, 1.82) is 0 Å². The number of carbonyl (C=O) groups is 2. The zero-order valence-corrected chi connectivity index (χ0v) is 27.6. The molecule has 0 aliphatic heterocycles. The predicted molar refractivity (Wildman–Crippen MR) is 184 cm³/mol. The highest BCUT2D eigenvalue weighted by molar-refractivity contribution is 5.88. The zero-order chi connectivity index (χ0) is 31.9. The van der Waals surface area contributed by atoms with Crippen LogP contribution in [-0.4, -0.2) is 11.9 Å². The van der Waals surface area contributed by atoms with Crippen LogP contribution >= 0.6 is 0 Å². The quantitative estimate of drug-likeness (QED) is 0.187. The summed E-state index contributed by atoms with van der Waals surface area (Å²) in [5, 5.41) is 4.86. The minimum Gasteiger partial charge on any atom is -0.454 e. The van der Waals surface area contributed by atoms with Crippen LogP contribution < -0.4 is 0 Å². The van der Waals surface area contributed by atoms with E-state index in [9.17, 15) is 9.59 Å². The van der Waals surface area contributed by atoms with Gasteiger partial charge in [0, 0.05) is 11.1 Å². The second kappa shape index (κ2) is 14.6. The van der Waals surface area contributed by atoms with Crippen molar-refractivity contribution in [3.63, 3.8) is 0 Å². The summed E-state index contributed by atoms with van der Waals surface area (Å²) in [7, 11) is 0. The molecule has 2 fully saturated rings. The van der Waals surface area contributed by atoms with Crippen molar-refractivity contribution < 1.29 is 19.1 Å². The predicted octanol–water partition coefficient (Wildman–Crippen LogP) is 10.8. The molecule has 2 atom stereocenters. The van der Waals surface area contributed by atoms with E-state index >= 15 is 0 Å². The van der Waals surface area contributed by atoms with Gasteiger partial charge < -0.3 is 9.47 Å². The van der Waals surface area contributed by atoms with E-state index in [1.165, 1.54) is 39.1 Å². The molecule has 0 spiro atoms. The molecular formula is C41H50O4. The lowest BCUT2D eigenvalue weighted by molar-refractivity contribution is -0.169. The number of hydrogen-bond acceptors (Lipinski definition) is 4. The van der Waals surface area contributed by atoms with Gasteiger partial charge in [-0.2, -0.15) is 0 Å². The van der Waals surface area contributed by atoms with Crippen molar-refractivity contribution in [1.82, 2.24) is 0 Å². The molecule has 4 aromatic carbocycles. The number of carbonyl (C=O) groups excluding carboxylic acids is 2. The molecule has 238 valence electrons. The topological polar surface area (TPSA) is 52.6 Å². The van der Waals surface area contributed by atoms with Crippen molar-refractivity contribution >= 4 is 33.5 Å². The SMILES string of the molecule is CCC(C)C(=O)OC1(c2cccc3ccccc23)CCCC1.CCC(C)C(=O)OC1(c2cccc3ccccc23)CCCCC1. The van der Waals surface area contributed by atoms with Gasteiger partial charge in [0.05, 0.1) is 11.8 Å².